The monoisotopic (exact) mass is 657 g/mol. The smallest absolute Gasteiger partial charge is 0.297 e. The summed E-state index contributed by atoms with van der Waals surface area (Å²) in [5.74, 6) is -0.343. The average molecular weight is 658 g/mol. The molecule has 2 aliphatic heterocycles. The lowest BCUT2D eigenvalue weighted by molar-refractivity contribution is -0.146. The minimum atomic E-state index is -2.91. The number of anilines is 1. The Morgan fingerprint density at radius 1 is 0.872 bits per heavy atom. The van der Waals surface area contributed by atoms with Crippen LogP contribution in [-0.4, -0.2) is 60.2 Å². The Bertz CT molecular complexity index is 1950. The van der Waals surface area contributed by atoms with Crippen LogP contribution in [0, 0.1) is 5.92 Å². The molecule has 2 aromatic carbocycles. The van der Waals surface area contributed by atoms with Crippen LogP contribution < -0.4 is 25.5 Å². The van der Waals surface area contributed by atoms with Crippen molar-refractivity contribution in [2.24, 2.45) is 5.92 Å². The lowest BCUT2D eigenvalue weighted by Gasteiger charge is -2.32. The molecule has 2 N–H and O–H groups in total. The van der Waals surface area contributed by atoms with Gasteiger partial charge in [-0.15, -0.1) is 0 Å². The van der Waals surface area contributed by atoms with E-state index in [9.17, 15) is 24.3 Å². The zero-order valence-corrected chi connectivity index (χ0v) is 28.0. The Morgan fingerprint density at radius 3 is 2.06 bits per heavy atom. The van der Waals surface area contributed by atoms with Crippen molar-refractivity contribution in [1.82, 2.24) is 9.13 Å². The number of aliphatic hydroxyl groups excluding tert-OH is 1. The van der Waals surface area contributed by atoms with Crippen LogP contribution in [-0.2, 0) is 21.7 Å². The summed E-state index contributed by atoms with van der Waals surface area (Å²) >= 11 is 0. The molecule has 6 rings (SSSR count). The van der Waals surface area contributed by atoms with E-state index in [0.717, 1.165) is 5.56 Å². The van der Waals surface area contributed by atoms with Crippen LogP contribution >= 0.6 is 0 Å². The Hall–Kier alpha value is -4.49. The van der Waals surface area contributed by atoms with Crippen molar-refractivity contribution in [2.45, 2.75) is 50.2 Å². The van der Waals surface area contributed by atoms with Gasteiger partial charge in [-0.25, -0.2) is 0 Å². The maximum Gasteiger partial charge on any atom is 0.297 e. The van der Waals surface area contributed by atoms with Crippen molar-refractivity contribution in [3.05, 3.63) is 111 Å². The molecular formula is C35H39N3O8Si. The quantitative estimate of drug-likeness (QED) is 0.261. The van der Waals surface area contributed by atoms with Crippen molar-refractivity contribution >= 4 is 19.9 Å². The van der Waals surface area contributed by atoms with E-state index in [2.05, 4.69) is 0 Å². The lowest BCUT2D eigenvalue weighted by atomic mass is 9.82. The number of hydrogen-bond acceptors (Lipinski definition) is 8. The second kappa shape index (κ2) is 12.3. The zero-order valence-electron chi connectivity index (χ0n) is 27.0. The van der Waals surface area contributed by atoms with Gasteiger partial charge in [0.15, 0.2) is 25.4 Å². The van der Waals surface area contributed by atoms with Crippen LogP contribution in [0.1, 0.15) is 24.5 Å². The van der Waals surface area contributed by atoms with E-state index in [-0.39, 0.29) is 53.6 Å². The number of aromatic nitrogens is 2. The molecule has 47 heavy (non-hydrogen) atoms. The van der Waals surface area contributed by atoms with Gasteiger partial charge in [0.2, 0.25) is 0 Å². The van der Waals surface area contributed by atoms with Crippen molar-refractivity contribution in [2.75, 3.05) is 25.7 Å². The molecule has 2 aromatic heterocycles. The summed E-state index contributed by atoms with van der Waals surface area (Å²) < 4.78 is 20.2. The van der Waals surface area contributed by atoms with Crippen LogP contribution in [0.2, 0.25) is 18.6 Å². The van der Waals surface area contributed by atoms with Gasteiger partial charge in [0.1, 0.15) is 0 Å². The molecule has 1 fully saturated rings. The fraction of sp³-hybridized carbons (Fsp3) is 0.343. The summed E-state index contributed by atoms with van der Waals surface area (Å²) in [6.07, 6.45) is 3.01. The normalized spacial score (nSPS) is 22.1. The van der Waals surface area contributed by atoms with Crippen molar-refractivity contribution in [3.8, 4) is 22.9 Å². The molecule has 4 heterocycles. The summed E-state index contributed by atoms with van der Waals surface area (Å²) in [6.45, 7) is 5.60. The molecule has 1 saturated heterocycles. The minimum Gasteiger partial charge on any atom is -0.491 e. The lowest BCUT2D eigenvalue weighted by Crippen LogP contribution is -2.46. The summed E-state index contributed by atoms with van der Waals surface area (Å²) in [6, 6.07) is 19.4. The van der Waals surface area contributed by atoms with Crippen molar-refractivity contribution in [1.29, 1.82) is 0 Å². The number of aliphatic hydroxyl groups is 1. The van der Waals surface area contributed by atoms with E-state index in [1.54, 1.807) is 53.7 Å². The molecule has 12 heteroatoms. The Morgan fingerprint density at radius 2 is 1.49 bits per heavy atom. The largest absolute Gasteiger partial charge is 0.491 e. The van der Waals surface area contributed by atoms with Gasteiger partial charge in [-0.1, -0.05) is 19.1 Å². The first kappa shape index (κ1) is 32.4. The number of methoxy groups -OCH3 is 2. The number of nitrogens with zero attached hydrogens (tertiary/aromatic N) is 3. The highest BCUT2D eigenvalue weighted by Gasteiger charge is 2.66. The molecule has 4 atom stereocenters. The molecule has 1 amide bonds. The second-order valence-electron chi connectivity index (χ2n) is 12.6. The Balaban J connectivity index is 1.49. The molecule has 0 aliphatic carbocycles. The third kappa shape index (κ3) is 5.31. The number of hydrogen-bond donors (Lipinski definition) is 2. The number of pyridine rings is 2. The number of benzene rings is 2. The number of amides is 1. The van der Waals surface area contributed by atoms with E-state index < -0.39 is 25.9 Å². The molecule has 11 nitrogen and oxygen atoms in total. The Kier molecular flexibility index (Phi) is 8.47. The number of fused-ring (bicyclic) bond motifs is 2. The van der Waals surface area contributed by atoms with Crippen LogP contribution in [0.3, 0.4) is 0 Å². The third-order valence-corrected chi connectivity index (χ3v) is 12.0. The molecule has 0 bridgehead atoms. The summed E-state index contributed by atoms with van der Waals surface area (Å²) in [4.78, 5) is 54.2. The van der Waals surface area contributed by atoms with Crippen LogP contribution in [0.15, 0.2) is 88.7 Å². The van der Waals surface area contributed by atoms with E-state index in [0.29, 0.717) is 22.6 Å². The molecule has 246 valence electrons. The molecule has 0 saturated carbocycles. The van der Waals surface area contributed by atoms with Crippen molar-refractivity contribution < 1.29 is 28.9 Å². The predicted octanol–water partition coefficient (Wildman–Crippen LogP) is 3.73. The highest BCUT2D eigenvalue weighted by Crippen LogP contribution is 2.60. The maximum atomic E-state index is 14.8. The molecule has 1 spiro atoms. The molecule has 4 aromatic rings. The van der Waals surface area contributed by atoms with Crippen molar-refractivity contribution in [3.63, 3.8) is 0 Å². The SMILES string of the molecule is COc1cccn(-c2cccc(CN3C(=O)[C@@]4(O[C@@H](CCO)[C@H]([Si](C)(C)O)[C@H]4C)c4cc(-n5cccc(OC)c5=O)ccc43)c2)c1=O. The minimum absolute atomic E-state index is 0.158. The molecule has 2 aliphatic rings. The van der Waals surface area contributed by atoms with Gasteiger partial charge >= 0.3 is 0 Å². The van der Waals surface area contributed by atoms with Crippen LogP contribution in [0.25, 0.3) is 11.4 Å². The fourth-order valence-electron chi connectivity index (χ4n) is 7.42. The first-order valence-corrected chi connectivity index (χ1v) is 18.6. The summed E-state index contributed by atoms with van der Waals surface area (Å²) in [7, 11) is -0.0245. The number of ether oxygens (including phenoxy) is 3. The number of rotatable bonds is 9. The summed E-state index contributed by atoms with van der Waals surface area (Å²) in [5, 5.41) is 9.96. The van der Waals surface area contributed by atoms with Crippen LogP contribution in [0.5, 0.6) is 11.5 Å². The molecule has 0 unspecified atom stereocenters. The van der Waals surface area contributed by atoms with Gasteiger partial charge < -0.3 is 29.0 Å². The van der Waals surface area contributed by atoms with E-state index in [1.165, 1.54) is 23.4 Å². The third-order valence-electron chi connectivity index (χ3n) is 9.45. The number of carbonyl (C=O) groups is 1. The average Bonchev–Trinajstić information content (AvgIpc) is 3.47. The maximum absolute atomic E-state index is 14.8. The fourth-order valence-corrected chi connectivity index (χ4v) is 10.0. The topological polar surface area (TPSA) is 132 Å². The van der Waals surface area contributed by atoms with Gasteiger partial charge in [-0.3, -0.25) is 23.5 Å². The highest BCUT2D eigenvalue weighted by atomic mass is 28.4. The molecule has 0 radical (unpaired) electrons. The Labute approximate surface area is 273 Å². The number of carbonyl (C=O) groups excluding carboxylic acids is 1. The van der Waals surface area contributed by atoms with Gasteiger partial charge in [-0.2, -0.15) is 0 Å². The van der Waals surface area contributed by atoms with Gasteiger partial charge in [0, 0.05) is 47.4 Å². The second-order valence-corrected chi connectivity index (χ2v) is 16.6. The van der Waals surface area contributed by atoms with Gasteiger partial charge in [0.05, 0.1) is 32.6 Å². The van der Waals surface area contributed by atoms with Crippen LogP contribution in [0.4, 0.5) is 5.69 Å². The van der Waals surface area contributed by atoms with E-state index in [4.69, 9.17) is 14.2 Å². The standard InChI is InChI=1S/C35H39N3O8Si/c1-22-31(47(4,5)43)28(15-18-39)46-35(22)26-20-25(37-17-8-12-30(45-3)33(37)41)13-14-27(26)38(34(35)42)21-23-9-6-10-24(19-23)36-16-7-11-29(44-2)32(36)40/h6-14,16-17,19-20,22,28,31,39,43H,15,18,21H2,1-5H3/t22-,28+,31-,35+/m1/s1. The van der Waals surface area contributed by atoms with Gasteiger partial charge in [0.25, 0.3) is 17.0 Å². The first-order valence-electron chi connectivity index (χ1n) is 15.5. The van der Waals surface area contributed by atoms with E-state index >= 15 is 0 Å². The first-order chi connectivity index (χ1) is 22.5. The summed E-state index contributed by atoms with van der Waals surface area (Å²) in [5.41, 5.74) is 0.644. The predicted molar refractivity (Wildman–Crippen MR) is 179 cm³/mol. The molecular weight excluding hydrogens is 618 g/mol. The van der Waals surface area contributed by atoms with E-state index in [1.807, 2.05) is 50.3 Å². The zero-order chi connectivity index (χ0) is 33.7. The highest BCUT2D eigenvalue weighted by molar-refractivity contribution is 6.71. The van der Waals surface area contributed by atoms with Gasteiger partial charge in [-0.05, 0) is 79.7 Å².